The first-order valence-electron chi connectivity index (χ1n) is 6.37. The minimum atomic E-state index is -0.333. The molecule has 0 saturated heterocycles. The van der Waals surface area contributed by atoms with Crippen LogP contribution in [0.15, 0.2) is 15.6 Å². The number of carbonyl (C=O) groups is 1. The molecule has 0 radical (unpaired) electrons. The average molecular weight is 252 g/mol. The lowest BCUT2D eigenvalue weighted by atomic mass is 10.2. The summed E-state index contributed by atoms with van der Waals surface area (Å²) in [7, 11) is 0. The Morgan fingerprint density at radius 1 is 1.50 bits per heavy atom. The van der Waals surface area contributed by atoms with Gasteiger partial charge in [0.1, 0.15) is 18.0 Å². The van der Waals surface area contributed by atoms with E-state index in [1.807, 2.05) is 6.07 Å². The SMILES string of the molecule is CCCCCc1cc(C=NCC(=O)OCC)no1. The summed E-state index contributed by atoms with van der Waals surface area (Å²) in [5.41, 5.74) is 0.644. The van der Waals surface area contributed by atoms with Crippen molar-refractivity contribution in [2.75, 3.05) is 13.2 Å². The van der Waals surface area contributed by atoms with E-state index in [4.69, 9.17) is 9.26 Å². The van der Waals surface area contributed by atoms with E-state index in [-0.39, 0.29) is 12.5 Å². The molecule has 0 spiro atoms. The van der Waals surface area contributed by atoms with Crippen molar-refractivity contribution < 1.29 is 14.1 Å². The minimum absolute atomic E-state index is 0.0197. The third-order valence-corrected chi connectivity index (χ3v) is 2.35. The summed E-state index contributed by atoms with van der Waals surface area (Å²) in [6, 6.07) is 1.85. The second kappa shape index (κ2) is 8.44. The maximum atomic E-state index is 11.0. The number of aliphatic imine (C=N–C) groups is 1. The Morgan fingerprint density at radius 3 is 3.06 bits per heavy atom. The highest BCUT2D eigenvalue weighted by Gasteiger charge is 2.02. The van der Waals surface area contributed by atoms with Crippen LogP contribution in [0.25, 0.3) is 0 Å². The van der Waals surface area contributed by atoms with Crippen LogP contribution in [0.5, 0.6) is 0 Å². The Hall–Kier alpha value is -1.65. The topological polar surface area (TPSA) is 64.7 Å². The molecule has 1 aromatic heterocycles. The lowest BCUT2D eigenvalue weighted by molar-refractivity contribution is -0.141. The van der Waals surface area contributed by atoms with Crippen molar-refractivity contribution in [2.45, 2.75) is 39.5 Å². The molecule has 1 rings (SSSR count). The van der Waals surface area contributed by atoms with E-state index in [9.17, 15) is 4.79 Å². The number of carbonyl (C=O) groups excluding carboxylic acids is 1. The number of aryl methyl sites for hydroxylation is 1. The average Bonchev–Trinajstić information content (AvgIpc) is 2.78. The van der Waals surface area contributed by atoms with Crippen molar-refractivity contribution in [3.63, 3.8) is 0 Å². The number of rotatable bonds is 8. The summed E-state index contributed by atoms with van der Waals surface area (Å²) in [5.74, 6) is 0.529. The van der Waals surface area contributed by atoms with Gasteiger partial charge in [0.05, 0.1) is 12.8 Å². The molecule has 100 valence electrons. The van der Waals surface area contributed by atoms with Gasteiger partial charge in [-0.1, -0.05) is 24.9 Å². The van der Waals surface area contributed by atoms with Crippen LogP contribution in [0.1, 0.15) is 44.6 Å². The van der Waals surface area contributed by atoms with E-state index in [0.29, 0.717) is 12.3 Å². The molecule has 0 unspecified atom stereocenters. The van der Waals surface area contributed by atoms with Gasteiger partial charge in [-0.3, -0.25) is 9.79 Å². The van der Waals surface area contributed by atoms with Crippen LogP contribution in [0.4, 0.5) is 0 Å². The zero-order chi connectivity index (χ0) is 13.2. The van der Waals surface area contributed by atoms with Crippen LogP contribution in [0, 0.1) is 0 Å². The van der Waals surface area contributed by atoms with Crippen LogP contribution in [-0.2, 0) is 16.0 Å². The first-order chi connectivity index (χ1) is 8.76. The molecule has 0 aliphatic rings. The zero-order valence-corrected chi connectivity index (χ0v) is 11.0. The second-order valence-electron chi connectivity index (χ2n) is 3.95. The molecule has 0 aliphatic carbocycles. The van der Waals surface area contributed by atoms with Gasteiger partial charge < -0.3 is 9.26 Å². The van der Waals surface area contributed by atoms with Crippen LogP contribution in [0.3, 0.4) is 0 Å². The molecule has 0 fully saturated rings. The van der Waals surface area contributed by atoms with Crippen molar-refractivity contribution in [1.29, 1.82) is 0 Å². The molecule has 0 saturated carbocycles. The van der Waals surface area contributed by atoms with E-state index in [0.717, 1.165) is 18.6 Å². The number of hydrogen-bond acceptors (Lipinski definition) is 5. The fourth-order valence-electron chi connectivity index (χ4n) is 1.48. The Labute approximate surface area is 107 Å². The maximum Gasteiger partial charge on any atom is 0.327 e. The lowest BCUT2D eigenvalue weighted by Crippen LogP contribution is -2.07. The molecular formula is C13H20N2O3. The van der Waals surface area contributed by atoms with Crippen LogP contribution < -0.4 is 0 Å². The Morgan fingerprint density at radius 2 is 2.33 bits per heavy atom. The van der Waals surface area contributed by atoms with Gasteiger partial charge in [0, 0.05) is 12.5 Å². The van der Waals surface area contributed by atoms with Crippen molar-refractivity contribution >= 4 is 12.2 Å². The van der Waals surface area contributed by atoms with Gasteiger partial charge in [-0.05, 0) is 13.3 Å². The number of unbranched alkanes of at least 4 members (excludes halogenated alkanes) is 2. The Kier molecular flexibility index (Phi) is 6.76. The fourth-order valence-corrected chi connectivity index (χ4v) is 1.48. The van der Waals surface area contributed by atoms with Gasteiger partial charge in [-0.15, -0.1) is 0 Å². The molecule has 18 heavy (non-hydrogen) atoms. The van der Waals surface area contributed by atoms with E-state index in [1.54, 1.807) is 6.92 Å². The van der Waals surface area contributed by atoms with E-state index in [1.165, 1.54) is 19.1 Å². The summed E-state index contributed by atoms with van der Waals surface area (Å²) < 4.78 is 9.91. The lowest BCUT2D eigenvalue weighted by Gasteiger charge is -1.95. The summed E-state index contributed by atoms with van der Waals surface area (Å²) >= 11 is 0. The minimum Gasteiger partial charge on any atom is -0.465 e. The van der Waals surface area contributed by atoms with Gasteiger partial charge in [0.15, 0.2) is 0 Å². The van der Waals surface area contributed by atoms with Gasteiger partial charge >= 0.3 is 5.97 Å². The highest BCUT2D eigenvalue weighted by Crippen LogP contribution is 2.07. The highest BCUT2D eigenvalue weighted by molar-refractivity contribution is 5.80. The molecule has 1 aromatic rings. The third kappa shape index (κ3) is 5.61. The quantitative estimate of drug-likeness (QED) is 0.405. The van der Waals surface area contributed by atoms with Gasteiger partial charge in [0.25, 0.3) is 0 Å². The van der Waals surface area contributed by atoms with Crippen molar-refractivity contribution in [2.24, 2.45) is 4.99 Å². The Balaban J connectivity index is 2.34. The molecule has 0 atom stereocenters. The standard InChI is InChI=1S/C13H20N2O3/c1-3-5-6-7-12-8-11(15-18-12)9-14-10-13(16)17-4-2/h8-9H,3-7,10H2,1-2H3. The number of hydrogen-bond donors (Lipinski definition) is 0. The van der Waals surface area contributed by atoms with E-state index >= 15 is 0 Å². The maximum absolute atomic E-state index is 11.0. The van der Waals surface area contributed by atoms with Crippen LogP contribution >= 0.6 is 0 Å². The summed E-state index contributed by atoms with van der Waals surface area (Å²) in [5, 5.41) is 3.86. The molecule has 1 heterocycles. The number of ether oxygens (including phenoxy) is 1. The molecule has 0 aromatic carbocycles. The first-order valence-corrected chi connectivity index (χ1v) is 6.37. The predicted molar refractivity (Wildman–Crippen MR) is 68.8 cm³/mol. The molecule has 0 bridgehead atoms. The van der Waals surface area contributed by atoms with Gasteiger partial charge in [0.2, 0.25) is 0 Å². The zero-order valence-electron chi connectivity index (χ0n) is 11.0. The molecule has 5 heteroatoms. The van der Waals surface area contributed by atoms with E-state index in [2.05, 4.69) is 17.1 Å². The number of esters is 1. The second-order valence-corrected chi connectivity index (χ2v) is 3.95. The third-order valence-electron chi connectivity index (χ3n) is 2.35. The van der Waals surface area contributed by atoms with E-state index < -0.39 is 0 Å². The van der Waals surface area contributed by atoms with Crippen molar-refractivity contribution in [3.8, 4) is 0 Å². The monoisotopic (exact) mass is 252 g/mol. The molecule has 0 N–H and O–H groups in total. The highest BCUT2D eigenvalue weighted by atomic mass is 16.5. The first kappa shape index (κ1) is 14.4. The van der Waals surface area contributed by atoms with Crippen molar-refractivity contribution in [3.05, 3.63) is 17.5 Å². The Bertz CT molecular complexity index is 385. The normalized spacial score (nSPS) is 11.0. The number of aromatic nitrogens is 1. The molecule has 0 amide bonds. The van der Waals surface area contributed by atoms with Gasteiger partial charge in [-0.25, -0.2) is 0 Å². The van der Waals surface area contributed by atoms with Crippen molar-refractivity contribution in [1.82, 2.24) is 5.16 Å². The fraction of sp³-hybridized carbons (Fsp3) is 0.615. The molecule has 0 aliphatic heterocycles. The summed E-state index contributed by atoms with van der Waals surface area (Å²) in [6.07, 6.45) is 5.90. The van der Waals surface area contributed by atoms with Crippen LogP contribution in [0.2, 0.25) is 0 Å². The summed E-state index contributed by atoms with van der Waals surface area (Å²) in [4.78, 5) is 15.0. The van der Waals surface area contributed by atoms with Gasteiger partial charge in [-0.2, -0.15) is 0 Å². The molecule has 5 nitrogen and oxygen atoms in total. The number of nitrogens with zero attached hydrogens (tertiary/aromatic N) is 2. The molecular weight excluding hydrogens is 232 g/mol. The van der Waals surface area contributed by atoms with Crippen LogP contribution in [-0.4, -0.2) is 30.5 Å². The predicted octanol–water partition coefficient (Wildman–Crippen LogP) is 2.39. The smallest absolute Gasteiger partial charge is 0.327 e. The summed E-state index contributed by atoms with van der Waals surface area (Å²) in [6.45, 7) is 4.32. The largest absolute Gasteiger partial charge is 0.465 e.